The van der Waals surface area contributed by atoms with Crippen molar-refractivity contribution in [1.82, 2.24) is 10.2 Å². The molecule has 0 radical (unpaired) electrons. The van der Waals surface area contributed by atoms with Gasteiger partial charge in [-0.25, -0.2) is 0 Å². The SMILES string of the molecule is CN1C2=C(CC(c3ccccc3)C(c3ccccc3)=C2)NC1(C)C1C=CC=CC1. The summed E-state index contributed by atoms with van der Waals surface area (Å²) in [6.45, 7) is 2.34. The van der Waals surface area contributed by atoms with E-state index in [9.17, 15) is 0 Å². The maximum Gasteiger partial charge on any atom is 0.114 e. The van der Waals surface area contributed by atoms with E-state index in [0.717, 1.165) is 12.8 Å². The third-order valence-electron chi connectivity index (χ3n) is 6.86. The van der Waals surface area contributed by atoms with Crippen LogP contribution < -0.4 is 5.32 Å². The smallest absolute Gasteiger partial charge is 0.114 e. The van der Waals surface area contributed by atoms with Gasteiger partial charge in [0.2, 0.25) is 0 Å². The molecule has 3 unspecified atom stereocenters. The van der Waals surface area contributed by atoms with E-state index in [4.69, 9.17) is 0 Å². The Bertz CT molecular complexity index is 1010. The first-order valence-electron chi connectivity index (χ1n) is 10.6. The molecule has 2 heteroatoms. The number of likely N-dealkylation sites (N-methyl/N-ethyl adjacent to an activating group) is 1. The summed E-state index contributed by atoms with van der Waals surface area (Å²) in [5.74, 6) is 0.814. The molecule has 1 aliphatic heterocycles. The van der Waals surface area contributed by atoms with Crippen LogP contribution in [0.2, 0.25) is 0 Å². The standard InChI is InChI=1S/C27H28N2/c1-27(22-16-10-5-11-17-22)28-25-18-23(20-12-6-3-7-13-20)24(19-26(25)29(27)2)21-14-8-4-9-15-21/h3-16,19,22-23,28H,17-18H2,1-2H3. The summed E-state index contributed by atoms with van der Waals surface area (Å²) in [7, 11) is 2.24. The molecular formula is C27H28N2. The molecule has 0 aromatic heterocycles. The van der Waals surface area contributed by atoms with Crippen molar-refractivity contribution in [2.24, 2.45) is 5.92 Å². The van der Waals surface area contributed by atoms with Gasteiger partial charge in [-0.3, -0.25) is 0 Å². The van der Waals surface area contributed by atoms with Gasteiger partial charge in [0.25, 0.3) is 0 Å². The zero-order valence-corrected chi connectivity index (χ0v) is 17.2. The first-order chi connectivity index (χ1) is 14.2. The first kappa shape index (κ1) is 18.1. The molecule has 2 aromatic carbocycles. The fourth-order valence-electron chi connectivity index (χ4n) is 5.04. The highest BCUT2D eigenvalue weighted by molar-refractivity contribution is 5.76. The van der Waals surface area contributed by atoms with Gasteiger partial charge in [0.05, 0.1) is 5.70 Å². The molecule has 0 bridgehead atoms. The van der Waals surface area contributed by atoms with Crippen molar-refractivity contribution in [2.45, 2.75) is 31.3 Å². The molecule has 0 fully saturated rings. The van der Waals surface area contributed by atoms with Crippen LogP contribution in [0.1, 0.15) is 36.8 Å². The molecule has 2 nitrogen and oxygen atoms in total. The van der Waals surface area contributed by atoms with E-state index in [2.05, 4.69) is 115 Å². The van der Waals surface area contributed by atoms with Crippen LogP contribution in [0.3, 0.4) is 0 Å². The highest BCUT2D eigenvalue weighted by Gasteiger charge is 2.45. The van der Waals surface area contributed by atoms with Gasteiger partial charge >= 0.3 is 0 Å². The minimum absolute atomic E-state index is 0.101. The highest BCUT2D eigenvalue weighted by Crippen LogP contribution is 2.47. The molecule has 29 heavy (non-hydrogen) atoms. The molecule has 3 aliphatic rings. The number of hydrogen-bond acceptors (Lipinski definition) is 2. The molecule has 0 amide bonds. The predicted octanol–water partition coefficient (Wildman–Crippen LogP) is 5.85. The molecule has 3 atom stereocenters. The van der Waals surface area contributed by atoms with E-state index in [1.165, 1.54) is 28.1 Å². The fraction of sp³-hybridized carbons (Fsp3) is 0.259. The maximum atomic E-state index is 3.94. The monoisotopic (exact) mass is 380 g/mol. The van der Waals surface area contributed by atoms with Crippen LogP contribution in [0.5, 0.6) is 0 Å². The third kappa shape index (κ3) is 3.04. The number of nitrogens with one attached hydrogen (secondary N) is 1. The van der Waals surface area contributed by atoms with Gasteiger partial charge in [-0.15, -0.1) is 0 Å². The Hall–Kier alpha value is -3.00. The number of benzene rings is 2. The van der Waals surface area contributed by atoms with Gasteiger partial charge in [-0.2, -0.15) is 0 Å². The molecule has 1 N–H and O–H groups in total. The summed E-state index contributed by atoms with van der Waals surface area (Å²) in [4.78, 5) is 2.46. The summed E-state index contributed by atoms with van der Waals surface area (Å²) >= 11 is 0. The molecule has 0 spiro atoms. The first-order valence-corrected chi connectivity index (χ1v) is 10.6. The van der Waals surface area contributed by atoms with Gasteiger partial charge in [0, 0.05) is 31.0 Å². The molecule has 2 aliphatic carbocycles. The highest BCUT2D eigenvalue weighted by atomic mass is 15.4. The van der Waals surface area contributed by atoms with Crippen LogP contribution in [0.4, 0.5) is 0 Å². The van der Waals surface area contributed by atoms with Crippen LogP contribution in [0, 0.1) is 5.92 Å². The average Bonchev–Trinajstić information content (AvgIpc) is 3.05. The van der Waals surface area contributed by atoms with E-state index in [-0.39, 0.29) is 5.66 Å². The average molecular weight is 381 g/mol. The lowest BCUT2D eigenvalue weighted by Crippen LogP contribution is -2.53. The van der Waals surface area contributed by atoms with Crippen molar-refractivity contribution in [3.63, 3.8) is 0 Å². The molecular weight excluding hydrogens is 352 g/mol. The number of hydrogen-bond donors (Lipinski definition) is 1. The predicted molar refractivity (Wildman–Crippen MR) is 121 cm³/mol. The second-order valence-electron chi connectivity index (χ2n) is 8.48. The van der Waals surface area contributed by atoms with Crippen LogP contribution in [-0.2, 0) is 0 Å². The minimum Gasteiger partial charge on any atom is -0.364 e. The second kappa shape index (κ2) is 7.11. The summed E-state index contributed by atoms with van der Waals surface area (Å²) in [5, 5.41) is 3.94. The normalized spacial score (nSPS) is 28.2. The third-order valence-corrected chi connectivity index (χ3v) is 6.86. The molecule has 5 rings (SSSR count). The minimum atomic E-state index is -0.101. The second-order valence-corrected chi connectivity index (χ2v) is 8.48. The summed E-state index contributed by atoms with van der Waals surface area (Å²) < 4.78 is 0. The van der Waals surface area contributed by atoms with Crippen molar-refractivity contribution in [1.29, 1.82) is 0 Å². The number of nitrogens with zero attached hydrogens (tertiary/aromatic N) is 1. The van der Waals surface area contributed by atoms with Gasteiger partial charge in [0.1, 0.15) is 5.66 Å². The largest absolute Gasteiger partial charge is 0.364 e. The van der Waals surface area contributed by atoms with Crippen molar-refractivity contribution in [3.8, 4) is 0 Å². The number of rotatable bonds is 3. The zero-order chi connectivity index (χ0) is 19.8. The molecule has 0 saturated heterocycles. The molecule has 1 heterocycles. The molecule has 0 saturated carbocycles. The zero-order valence-electron chi connectivity index (χ0n) is 17.2. The topological polar surface area (TPSA) is 15.3 Å². The quantitative estimate of drug-likeness (QED) is 0.718. The Morgan fingerprint density at radius 3 is 2.38 bits per heavy atom. The summed E-state index contributed by atoms with van der Waals surface area (Å²) in [6, 6.07) is 21.8. The van der Waals surface area contributed by atoms with E-state index >= 15 is 0 Å². The lowest BCUT2D eigenvalue weighted by molar-refractivity contribution is 0.130. The Labute approximate surface area is 173 Å². The summed E-state index contributed by atoms with van der Waals surface area (Å²) in [6.07, 6.45) is 13.5. The van der Waals surface area contributed by atoms with E-state index in [1.54, 1.807) is 0 Å². The van der Waals surface area contributed by atoms with Crippen LogP contribution >= 0.6 is 0 Å². The lowest BCUT2D eigenvalue weighted by Gasteiger charge is -2.41. The van der Waals surface area contributed by atoms with E-state index in [1.807, 2.05) is 0 Å². The van der Waals surface area contributed by atoms with Crippen LogP contribution in [0.15, 0.2) is 102 Å². The van der Waals surface area contributed by atoms with E-state index in [0.29, 0.717) is 11.8 Å². The van der Waals surface area contributed by atoms with Crippen molar-refractivity contribution < 1.29 is 0 Å². The van der Waals surface area contributed by atoms with Crippen molar-refractivity contribution in [3.05, 3.63) is 114 Å². The van der Waals surface area contributed by atoms with Crippen LogP contribution in [0.25, 0.3) is 5.57 Å². The molecule has 146 valence electrons. The van der Waals surface area contributed by atoms with Crippen molar-refractivity contribution in [2.75, 3.05) is 7.05 Å². The number of allylic oxidation sites excluding steroid dienone is 6. The lowest BCUT2D eigenvalue weighted by atomic mass is 9.80. The van der Waals surface area contributed by atoms with Gasteiger partial charge < -0.3 is 10.2 Å². The Morgan fingerprint density at radius 1 is 0.966 bits per heavy atom. The Morgan fingerprint density at radius 2 is 1.69 bits per heavy atom. The van der Waals surface area contributed by atoms with Crippen molar-refractivity contribution >= 4 is 5.57 Å². The maximum absolute atomic E-state index is 3.94. The van der Waals surface area contributed by atoms with Gasteiger partial charge in [-0.1, -0.05) is 85.0 Å². The molecule has 2 aromatic rings. The van der Waals surface area contributed by atoms with Gasteiger partial charge in [-0.05, 0) is 36.1 Å². The fourth-order valence-corrected chi connectivity index (χ4v) is 5.04. The summed E-state index contributed by atoms with van der Waals surface area (Å²) in [5.41, 5.74) is 6.71. The van der Waals surface area contributed by atoms with Gasteiger partial charge in [0.15, 0.2) is 0 Å². The Kier molecular flexibility index (Phi) is 4.43. The Balaban J connectivity index is 1.56. The van der Waals surface area contributed by atoms with E-state index < -0.39 is 0 Å². The van der Waals surface area contributed by atoms with Crippen LogP contribution in [-0.4, -0.2) is 17.6 Å².